The van der Waals surface area contributed by atoms with Crippen LogP contribution in [0.3, 0.4) is 0 Å². The Bertz CT molecular complexity index is 559. The van der Waals surface area contributed by atoms with E-state index in [1.165, 1.54) is 0 Å². The highest BCUT2D eigenvalue weighted by molar-refractivity contribution is 7.91. The summed E-state index contributed by atoms with van der Waals surface area (Å²) >= 11 is 0. The number of benzene rings is 1. The molecule has 0 aliphatic carbocycles. The molecule has 0 heterocycles. The molecule has 0 bridgehead atoms. The smallest absolute Gasteiger partial charge is 0.314 e. The van der Waals surface area contributed by atoms with Gasteiger partial charge < -0.3 is 15.4 Å². The van der Waals surface area contributed by atoms with Crippen LogP contribution in [0.5, 0.6) is 0 Å². The Kier molecular flexibility index (Phi) is 8.65. The van der Waals surface area contributed by atoms with Crippen LogP contribution in [0, 0.1) is 5.92 Å². The molecule has 1 aromatic rings. The lowest BCUT2D eigenvalue weighted by atomic mass is 10.2. The largest absolute Gasteiger partial charge is 0.381 e. The zero-order valence-corrected chi connectivity index (χ0v) is 14.6. The fourth-order valence-electron chi connectivity index (χ4n) is 1.80. The van der Waals surface area contributed by atoms with Gasteiger partial charge in [0.1, 0.15) is 0 Å². The molecule has 0 aromatic heterocycles. The molecule has 1 rings (SSSR count). The maximum absolute atomic E-state index is 12.0. The molecule has 130 valence electrons. The van der Waals surface area contributed by atoms with Gasteiger partial charge in [-0.05, 0) is 24.5 Å². The molecule has 0 unspecified atom stereocenters. The van der Waals surface area contributed by atoms with Gasteiger partial charge in [0, 0.05) is 26.3 Å². The number of nitrogens with one attached hydrogen (secondary N) is 2. The lowest BCUT2D eigenvalue weighted by Gasteiger charge is -2.09. The van der Waals surface area contributed by atoms with Crippen molar-refractivity contribution in [2.75, 3.05) is 32.1 Å². The zero-order valence-electron chi connectivity index (χ0n) is 13.7. The Morgan fingerprint density at radius 2 is 1.78 bits per heavy atom. The number of carbonyl (C=O) groups excluding carboxylic acids is 1. The molecule has 0 atom stereocenters. The summed E-state index contributed by atoms with van der Waals surface area (Å²) in [5, 5.41) is 5.22. The summed E-state index contributed by atoms with van der Waals surface area (Å²) in [5.74, 6) is 0.375. The molecule has 1 aromatic carbocycles. The monoisotopic (exact) mass is 342 g/mol. The number of hydrogen-bond donors (Lipinski definition) is 2. The van der Waals surface area contributed by atoms with Crippen molar-refractivity contribution in [3.8, 4) is 0 Å². The summed E-state index contributed by atoms with van der Waals surface area (Å²) in [6.45, 7) is 6.04. The highest BCUT2D eigenvalue weighted by atomic mass is 32.2. The van der Waals surface area contributed by atoms with E-state index in [1.807, 2.05) is 0 Å². The van der Waals surface area contributed by atoms with Gasteiger partial charge >= 0.3 is 6.03 Å². The minimum Gasteiger partial charge on any atom is -0.381 e. The van der Waals surface area contributed by atoms with Crippen molar-refractivity contribution < 1.29 is 17.9 Å². The number of urea groups is 1. The topological polar surface area (TPSA) is 84.5 Å². The third-order valence-corrected chi connectivity index (χ3v) is 4.69. The SMILES string of the molecule is CC(C)COCCCNC(=O)NCCS(=O)(=O)c1ccccc1. The van der Waals surface area contributed by atoms with E-state index in [4.69, 9.17) is 4.74 Å². The summed E-state index contributed by atoms with van der Waals surface area (Å²) in [7, 11) is -3.36. The van der Waals surface area contributed by atoms with Crippen LogP contribution in [0.25, 0.3) is 0 Å². The summed E-state index contributed by atoms with van der Waals surface area (Å²) in [4.78, 5) is 11.8. The van der Waals surface area contributed by atoms with Crippen molar-refractivity contribution in [3.63, 3.8) is 0 Å². The maximum atomic E-state index is 12.0. The van der Waals surface area contributed by atoms with Crippen LogP contribution in [-0.2, 0) is 14.6 Å². The van der Waals surface area contributed by atoms with Crippen molar-refractivity contribution in [1.29, 1.82) is 0 Å². The standard InChI is InChI=1S/C16H26N2O4S/c1-14(2)13-22-11-6-9-17-16(19)18-10-12-23(20,21)15-7-4-3-5-8-15/h3-5,7-8,14H,6,9-13H2,1-2H3,(H2,17,18,19). The second kappa shape index (κ2) is 10.2. The summed E-state index contributed by atoms with van der Waals surface area (Å²) in [5.41, 5.74) is 0. The van der Waals surface area contributed by atoms with Crippen LogP contribution in [0.2, 0.25) is 0 Å². The molecule has 23 heavy (non-hydrogen) atoms. The third kappa shape index (κ3) is 8.56. The maximum Gasteiger partial charge on any atom is 0.314 e. The molecule has 0 saturated carbocycles. The van der Waals surface area contributed by atoms with Gasteiger partial charge in [-0.25, -0.2) is 13.2 Å². The molecule has 2 N–H and O–H groups in total. The van der Waals surface area contributed by atoms with Gasteiger partial charge in [0.25, 0.3) is 0 Å². The Morgan fingerprint density at radius 3 is 2.43 bits per heavy atom. The van der Waals surface area contributed by atoms with E-state index in [0.29, 0.717) is 25.7 Å². The fourth-order valence-corrected chi connectivity index (χ4v) is 2.98. The summed E-state index contributed by atoms with van der Waals surface area (Å²) in [6, 6.07) is 7.84. The van der Waals surface area contributed by atoms with E-state index in [2.05, 4.69) is 24.5 Å². The Hall–Kier alpha value is -1.60. The first-order valence-corrected chi connectivity index (χ1v) is 9.44. The minimum absolute atomic E-state index is 0.0763. The van der Waals surface area contributed by atoms with Crippen molar-refractivity contribution >= 4 is 15.9 Å². The Labute approximate surface area is 138 Å². The molecular weight excluding hydrogens is 316 g/mol. The molecule has 0 radical (unpaired) electrons. The van der Waals surface area contributed by atoms with Crippen molar-refractivity contribution in [1.82, 2.24) is 10.6 Å². The van der Waals surface area contributed by atoms with E-state index >= 15 is 0 Å². The van der Waals surface area contributed by atoms with Crippen LogP contribution in [0.15, 0.2) is 35.2 Å². The van der Waals surface area contributed by atoms with Crippen LogP contribution in [0.1, 0.15) is 20.3 Å². The molecule has 0 aliphatic rings. The van der Waals surface area contributed by atoms with E-state index in [9.17, 15) is 13.2 Å². The zero-order chi connectivity index (χ0) is 17.1. The van der Waals surface area contributed by atoms with Gasteiger partial charge in [-0.15, -0.1) is 0 Å². The lowest BCUT2D eigenvalue weighted by molar-refractivity contribution is 0.108. The highest BCUT2D eigenvalue weighted by Crippen LogP contribution is 2.09. The predicted octanol–water partition coefficient (Wildman–Crippen LogP) is 1.82. The van der Waals surface area contributed by atoms with Crippen LogP contribution in [0.4, 0.5) is 4.79 Å². The predicted molar refractivity (Wildman–Crippen MR) is 90.2 cm³/mol. The Balaban J connectivity index is 2.14. The normalized spacial score (nSPS) is 11.4. The minimum atomic E-state index is -3.36. The molecule has 0 spiro atoms. The molecule has 0 fully saturated rings. The molecular formula is C16H26N2O4S. The number of hydrogen-bond acceptors (Lipinski definition) is 4. The summed E-state index contributed by atoms with van der Waals surface area (Å²) < 4.78 is 29.4. The quantitative estimate of drug-likeness (QED) is 0.635. The third-order valence-electron chi connectivity index (χ3n) is 2.96. The number of amides is 2. The number of carbonyl (C=O) groups is 1. The average molecular weight is 342 g/mol. The first kappa shape index (κ1) is 19.4. The molecule has 0 aliphatic heterocycles. The van der Waals surface area contributed by atoms with Crippen molar-refractivity contribution in [2.24, 2.45) is 5.92 Å². The molecule has 7 heteroatoms. The number of sulfone groups is 1. The van der Waals surface area contributed by atoms with Crippen molar-refractivity contribution in [2.45, 2.75) is 25.2 Å². The van der Waals surface area contributed by atoms with Gasteiger partial charge in [0.05, 0.1) is 10.6 Å². The summed E-state index contributed by atoms with van der Waals surface area (Å²) in [6.07, 6.45) is 0.725. The average Bonchev–Trinajstić information content (AvgIpc) is 2.51. The van der Waals surface area contributed by atoms with Gasteiger partial charge in [-0.3, -0.25) is 0 Å². The van der Waals surface area contributed by atoms with E-state index in [0.717, 1.165) is 6.42 Å². The highest BCUT2D eigenvalue weighted by Gasteiger charge is 2.13. The Morgan fingerprint density at radius 1 is 1.13 bits per heavy atom. The van der Waals surface area contributed by atoms with E-state index in [-0.39, 0.29) is 23.2 Å². The molecule has 2 amide bonds. The van der Waals surface area contributed by atoms with Gasteiger partial charge in [-0.1, -0.05) is 32.0 Å². The molecule has 0 saturated heterocycles. The second-order valence-electron chi connectivity index (χ2n) is 5.64. The van der Waals surface area contributed by atoms with Crippen molar-refractivity contribution in [3.05, 3.63) is 30.3 Å². The number of rotatable bonds is 10. The molecule has 6 nitrogen and oxygen atoms in total. The fraction of sp³-hybridized carbons (Fsp3) is 0.562. The van der Waals surface area contributed by atoms with E-state index in [1.54, 1.807) is 30.3 Å². The van der Waals surface area contributed by atoms with Gasteiger partial charge in [0.2, 0.25) is 0 Å². The number of ether oxygens (including phenoxy) is 1. The van der Waals surface area contributed by atoms with Crippen LogP contribution < -0.4 is 10.6 Å². The van der Waals surface area contributed by atoms with Gasteiger partial charge in [-0.2, -0.15) is 0 Å². The first-order valence-electron chi connectivity index (χ1n) is 7.79. The second-order valence-corrected chi connectivity index (χ2v) is 7.75. The lowest BCUT2D eigenvalue weighted by Crippen LogP contribution is -2.38. The van der Waals surface area contributed by atoms with Gasteiger partial charge in [0.15, 0.2) is 9.84 Å². The first-order chi connectivity index (χ1) is 10.9. The van der Waals surface area contributed by atoms with Crippen LogP contribution in [-0.4, -0.2) is 46.5 Å². The van der Waals surface area contributed by atoms with Crippen LogP contribution >= 0.6 is 0 Å². The van der Waals surface area contributed by atoms with E-state index < -0.39 is 9.84 Å².